The van der Waals surface area contributed by atoms with E-state index in [0.29, 0.717) is 5.41 Å². The van der Waals surface area contributed by atoms with E-state index in [9.17, 15) is 0 Å². The van der Waals surface area contributed by atoms with E-state index in [1.54, 1.807) is 11.1 Å². The van der Waals surface area contributed by atoms with Crippen molar-refractivity contribution in [2.45, 2.75) is 41.4 Å². The molecule has 1 saturated heterocycles. The molecule has 4 aliphatic rings. The van der Waals surface area contributed by atoms with Crippen molar-refractivity contribution in [3.05, 3.63) is 131 Å². The van der Waals surface area contributed by atoms with Crippen molar-refractivity contribution in [2.75, 3.05) is 0 Å². The standard InChI is InChI=1S/C35H28.2CH3.Hf/c1-3-11-25(12-4-1)27-15-9-17-31-29(27)19-21-33(31)35(23-7-8-24-35)34-22-20-30-28(16-10-18-32(30)34)26-13-5-2-6-14-26;;;/h1-6,9-22H,7-8,23-24H2;2*1H3;. The molecule has 3 spiro atoms. The van der Waals surface area contributed by atoms with E-state index in [1.807, 2.05) is 0 Å². The van der Waals surface area contributed by atoms with Crippen LogP contribution < -0.4 is 0 Å². The molecule has 1 heterocycles. The van der Waals surface area contributed by atoms with Crippen molar-refractivity contribution in [3.63, 3.8) is 0 Å². The molecular weight excluding hydrogens is 623 g/mol. The predicted octanol–water partition coefficient (Wildman–Crippen LogP) is 9.99. The van der Waals surface area contributed by atoms with Crippen molar-refractivity contribution < 1.29 is 20.0 Å². The van der Waals surface area contributed by atoms with Crippen LogP contribution in [-0.4, -0.2) is 0 Å². The Kier molecular flexibility index (Phi) is 4.80. The third-order valence-electron chi connectivity index (χ3n) is 11.2. The molecule has 0 N–H and O–H groups in total. The first-order valence-electron chi connectivity index (χ1n) is 14.3. The first-order valence-corrected chi connectivity index (χ1v) is 25.1. The van der Waals surface area contributed by atoms with E-state index in [4.69, 9.17) is 0 Å². The van der Waals surface area contributed by atoms with Crippen LogP contribution in [0.3, 0.4) is 0 Å². The minimum absolute atomic E-state index is 0.255. The molecule has 4 aromatic carbocycles. The molecule has 38 heavy (non-hydrogen) atoms. The third-order valence-corrected chi connectivity index (χ3v) is 31.9. The molecule has 1 saturated carbocycles. The average molecular weight is 657 g/mol. The molecule has 0 aromatic heterocycles. The van der Waals surface area contributed by atoms with Gasteiger partial charge < -0.3 is 0 Å². The van der Waals surface area contributed by atoms with Crippen molar-refractivity contribution in [3.8, 4) is 22.3 Å². The number of fused-ring (bicyclic) bond motifs is 6. The summed E-state index contributed by atoms with van der Waals surface area (Å²) in [5, 5.41) is 0. The van der Waals surface area contributed by atoms with Gasteiger partial charge in [-0.1, -0.05) is 0 Å². The van der Waals surface area contributed by atoms with Crippen LogP contribution in [-0.2, 0) is 26.3 Å². The molecule has 1 heteroatoms. The van der Waals surface area contributed by atoms with E-state index >= 15 is 0 Å². The van der Waals surface area contributed by atoms with E-state index in [0.717, 1.165) is 0 Å². The summed E-state index contributed by atoms with van der Waals surface area (Å²) in [5.41, 5.74) is 12.1. The molecule has 0 radical (unpaired) electrons. The van der Waals surface area contributed by atoms with Gasteiger partial charge >= 0.3 is 233 Å². The number of hydrogen-bond donors (Lipinski definition) is 0. The molecule has 0 bridgehead atoms. The van der Waals surface area contributed by atoms with Gasteiger partial charge in [0.1, 0.15) is 0 Å². The summed E-state index contributed by atoms with van der Waals surface area (Å²) < 4.78 is 6.09. The van der Waals surface area contributed by atoms with Gasteiger partial charge in [0.05, 0.1) is 0 Å². The quantitative estimate of drug-likeness (QED) is 0.188. The zero-order valence-electron chi connectivity index (χ0n) is 22.4. The Balaban J connectivity index is 1.36. The van der Waals surface area contributed by atoms with Crippen LogP contribution in [0, 0.1) is 5.41 Å². The molecule has 2 atom stereocenters. The number of hydrogen-bond acceptors (Lipinski definition) is 0. The molecule has 0 amide bonds. The SMILES string of the molecule is [CH3][Hf]1([CH3])[C]2(C=Cc3c(-c4ccccc4)cccc32)C2(CCCC2)[C]12C=Cc1c(-c3ccccc3)cccc12. The molecule has 186 valence electrons. The zero-order valence-corrected chi connectivity index (χ0v) is 26.0. The van der Waals surface area contributed by atoms with E-state index < -0.39 is 20.0 Å². The summed E-state index contributed by atoms with van der Waals surface area (Å²) >= 11 is -3.14. The average Bonchev–Trinajstić information content (AvgIpc) is 3.71. The monoisotopic (exact) mass is 658 g/mol. The fourth-order valence-electron chi connectivity index (χ4n) is 9.96. The second kappa shape index (κ2) is 7.89. The number of allylic oxidation sites excluding steroid dienone is 2. The minimum atomic E-state index is -3.14. The van der Waals surface area contributed by atoms with E-state index in [2.05, 4.69) is 131 Å². The van der Waals surface area contributed by atoms with Crippen LogP contribution >= 0.6 is 0 Å². The van der Waals surface area contributed by atoms with Crippen LogP contribution in [0.2, 0.25) is 9.36 Å². The Labute approximate surface area is 231 Å². The molecular formula is C37H34Hf. The Morgan fingerprint density at radius 2 is 0.974 bits per heavy atom. The van der Waals surface area contributed by atoms with Crippen LogP contribution in [0.25, 0.3) is 34.4 Å². The van der Waals surface area contributed by atoms with Crippen LogP contribution in [0.15, 0.2) is 109 Å². The number of rotatable bonds is 2. The normalized spacial score (nSPS) is 26.7. The second-order valence-electron chi connectivity index (χ2n) is 12.5. The van der Waals surface area contributed by atoms with Crippen LogP contribution in [0.1, 0.15) is 47.9 Å². The Morgan fingerprint density at radius 1 is 0.526 bits per heavy atom. The Morgan fingerprint density at radius 3 is 1.42 bits per heavy atom. The fourth-order valence-corrected chi connectivity index (χ4v) is 33.3. The first-order chi connectivity index (χ1) is 18.6. The molecule has 3 aliphatic carbocycles. The summed E-state index contributed by atoms with van der Waals surface area (Å²) in [7, 11) is 0. The fraction of sp³-hybridized carbons (Fsp3) is 0.243. The van der Waals surface area contributed by atoms with Gasteiger partial charge in [0.2, 0.25) is 0 Å². The zero-order chi connectivity index (χ0) is 25.6. The summed E-state index contributed by atoms with van der Waals surface area (Å²) in [6.07, 6.45) is 16.0. The molecule has 1 aliphatic heterocycles. The van der Waals surface area contributed by atoms with Gasteiger partial charge in [-0.3, -0.25) is 0 Å². The van der Waals surface area contributed by atoms with Gasteiger partial charge in [0.25, 0.3) is 0 Å². The van der Waals surface area contributed by atoms with Gasteiger partial charge in [-0.05, 0) is 0 Å². The number of benzene rings is 4. The van der Waals surface area contributed by atoms with Gasteiger partial charge in [0, 0.05) is 0 Å². The predicted molar refractivity (Wildman–Crippen MR) is 158 cm³/mol. The molecule has 0 nitrogen and oxygen atoms in total. The van der Waals surface area contributed by atoms with Gasteiger partial charge in [0.15, 0.2) is 0 Å². The summed E-state index contributed by atoms with van der Waals surface area (Å²) in [6, 6.07) is 36.5. The Bertz CT molecular complexity index is 1520. The maximum absolute atomic E-state index is 3.14. The van der Waals surface area contributed by atoms with Crippen molar-refractivity contribution in [1.29, 1.82) is 0 Å². The summed E-state index contributed by atoms with van der Waals surface area (Å²) in [4.78, 5) is 0. The first kappa shape index (κ1) is 23.1. The third kappa shape index (κ3) is 2.47. The summed E-state index contributed by atoms with van der Waals surface area (Å²) in [6.45, 7) is 0. The van der Waals surface area contributed by atoms with E-state index in [1.165, 1.54) is 59.1 Å². The molecule has 8 rings (SSSR count). The van der Waals surface area contributed by atoms with Crippen LogP contribution in [0.5, 0.6) is 0 Å². The molecule has 2 unspecified atom stereocenters. The summed E-state index contributed by atoms with van der Waals surface area (Å²) in [5.74, 6) is 0. The molecule has 4 aromatic rings. The van der Waals surface area contributed by atoms with Crippen molar-refractivity contribution >= 4 is 12.2 Å². The second-order valence-corrected chi connectivity index (χ2v) is 29.8. The van der Waals surface area contributed by atoms with Crippen LogP contribution in [0.4, 0.5) is 0 Å². The van der Waals surface area contributed by atoms with Gasteiger partial charge in [-0.15, -0.1) is 0 Å². The maximum atomic E-state index is 2.79. The van der Waals surface area contributed by atoms with Gasteiger partial charge in [-0.2, -0.15) is 0 Å². The van der Waals surface area contributed by atoms with E-state index in [-0.39, 0.29) is 6.34 Å². The molecule has 2 fully saturated rings. The van der Waals surface area contributed by atoms with Gasteiger partial charge in [-0.25, -0.2) is 0 Å². The Hall–Kier alpha value is -2.77. The van der Waals surface area contributed by atoms with Crippen molar-refractivity contribution in [2.24, 2.45) is 5.41 Å². The topological polar surface area (TPSA) is 0 Å². The van der Waals surface area contributed by atoms with Crippen molar-refractivity contribution in [1.82, 2.24) is 0 Å².